The first-order valence-electron chi connectivity index (χ1n) is 10.0. The van der Waals surface area contributed by atoms with E-state index >= 15 is 0 Å². The molecule has 0 unspecified atom stereocenters. The van der Waals surface area contributed by atoms with Gasteiger partial charge in [-0.05, 0) is 43.2 Å². The van der Waals surface area contributed by atoms with Crippen LogP contribution in [-0.4, -0.2) is 33.1 Å². The number of hydrogen-bond donors (Lipinski definition) is 1. The van der Waals surface area contributed by atoms with Crippen molar-refractivity contribution in [2.75, 3.05) is 23.8 Å². The van der Waals surface area contributed by atoms with Gasteiger partial charge in [-0.15, -0.1) is 0 Å². The van der Waals surface area contributed by atoms with Crippen LogP contribution in [0.2, 0.25) is 0 Å². The summed E-state index contributed by atoms with van der Waals surface area (Å²) in [5, 5.41) is 0.528. The predicted molar refractivity (Wildman–Crippen MR) is 125 cm³/mol. The van der Waals surface area contributed by atoms with Crippen LogP contribution < -0.4 is 15.4 Å². The third-order valence-electron chi connectivity index (χ3n) is 5.48. The maximum Gasteiger partial charge on any atom is 0.182 e. The number of nitrogens with zero attached hydrogens (tertiary/aromatic N) is 5. The van der Waals surface area contributed by atoms with Crippen molar-refractivity contribution in [1.29, 1.82) is 0 Å². The van der Waals surface area contributed by atoms with Crippen molar-refractivity contribution in [1.82, 2.24) is 19.9 Å². The van der Waals surface area contributed by atoms with Crippen LogP contribution in [-0.2, 0) is 6.54 Å². The van der Waals surface area contributed by atoms with E-state index in [-0.39, 0.29) is 0 Å². The average Bonchev–Trinajstić information content (AvgIpc) is 2.98. The first kappa shape index (κ1) is 19.4. The monoisotopic (exact) mass is 430 g/mol. The third-order valence-corrected chi connectivity index (χ3v) is 6.29. The number of anilines is 2. The van der Waals surface area contributed by atoms with Gasteiger partial charge in [-0.2, -0.15) is 0 Å². The molecule has 1 aliphatic heterocycles. The van der Waals surface area contributed by atoms with E-state index in [4.69, 9.17) is 10.5 Å². The molecule has 31 heavy (non-hydrogen) atoms. The van der Waals surface area contributed by atoms with E-state index in [1.165, 1.54) is 11.3 Å². The van der Waals surface area contributed by atoms with Crippen molar-refractivity contribution in [3.8, 4) is 16.9 Å². The second-order valence-corrected chi connectivity index (χ2v) is 8.56. The number of pyridine rings is 1. The van der Waals surface area contributed by atoms with Crippen LogP contribution in [0.1, 0.15) is 22.4 Å². The number of aryl methyl sites for hydroxylation is 2. The number of thiazole rings is 1. The number of aromatic nitrogens is 4. The summed E-state index contributed by atoms with van der Waals surface area (Å²) in [6.07, 6.45) is 5.30. The summed E-state index contributed by atoms with van der Waals surface area (Å²) in [5.74, 6) is 1.81. The molecule has 8 heteroatoms. The summed E-state index contributed by atoms with van der Waals surface area (Å²) in [6.45, 7) is 9.99. The number of nitrogen functional groups attached to an aromatic ring is 1. The van der Waals surface area contributed by atoms with Crippen LogP contribution in [0.4, 0.5) is 10.9 Å². The van der Waals surface area contributed by atoms with Crippen molar-refractivity contribution < 1.29 is 4.74 Å². The molecule has 0 aliphatic carbocycles. The summed E-state index contributed by atoms with van der Waals surface area (Å²) < 4.78 is 6.15. The summed E-state index contributed by atoms with van der Waals surface area (Å²) in [7, 11) is 0. The second kappa shape index (κ2) is 7.63. The highest BCUT2D eigenvalue weighted by Gasteiger charge is 2.22. The van der Waals surface area contributed by atoms with Crippen LogP contribution in [0.15, 0.2) is 37.3 Å². The summed E-state index contributed by atoms with van der Waals surface area (Å²) in [6, 6.07) is 6.34. The van der Waals surface area contributed by atoms with Crippen molar-refractivity contribution in [2.45, 2.75) is 20.4 Å². The van der Waals surface area contributed by atoms with Crippen LogP contribution in [0.5, 0.6) is 5.75 Å². The predicted octanol–water partition coefficient (Wildman–Crippen LogP) is 4.39. The Morgan fingerprint density at radius 2 is 2.03 bits per heavy atom. The fraction of sp³-hybridized carbons (Fsp3) is 0.217. The molecular formula is C23H22N6OS. The van der Waals surface area contributed by atoms with E-state index in [1.807, 2.05) is 25.3 Å². The van der Waals surface area contributed by atoms with E-state index in [9.17, 15) is 0 Å². The summed E-state index contributed by atoms with van der Waals surface area (Å²) >= 11 is 1.40. The maximum absolute atomic E-state index is 6.15. The van der Waals surface area contributed by atoms with Crippen LogP contribution in [0, 0.1) is 13.8 Å². The number of ether oxygens (including phenoxy) is 1. The maximum atomic E-state index is 6.15. The topological polar surface area (TPSA) is 90.0 Å². The second-order valence-electron chi connectivity index (χ2n) is 7.55. The Hall–Kier alpha value is -3.52. The Bertz CT molecular complexity index is 1320. The lowest BCUT2D eigenvalue weighted by Crippen LogP contribution is -2.27. The first-order chi connectivity index (χ1) is 15.0. The van der Waals surface area contributed by atoms with Gasteiger partial charge in [-0.3, -0.25) is 0 Å². The Kier molecular flexibility index (Phi) is 4.78. The lowest BCUT2D eigenvalue weighted by Gasteiger charge is -2.23. The van der Waals surface area contributed by atoms with E-state index in [0.29, 0.717) is 18.3 Å². The van der Waals surface area contributed by atoms with Crippen LogP contribution >= 0.6 is 11.3 Å². The number of benzene rings is 1. The van der Waals surface area contributed by atoms with Gasteiger partial charge in [0.05, 0.1) is 12.2 Å². The molecule has 0 saturated heterocycles. The molecule has 1 aromatic carbocycles. The molecule has 0 bridgehead atoms. The van der Waals surface area contributed by atoms with E-state index in [2.05, 4.69) is 50.5 Å². The van der Waals surface area contributed by atoms with Crippen molar-refractivity contribution in [2.24, 2.45) is 0 Å². The fourth-order valence-corrected chi connectivity index (χ4v) is 4.68. The largest absolute Gasteiger partial charge is 0.491 e. The van der Waals surface area contributed by atoms with Gasteiger partial charge >= 0.3 is 0 Å². The van der Waals surface area contributed by atoms with Crippen molar-refractivity contribution in [3.05, 3.63) is 59.7 Å². The molecule has 0 amide bonds. The Morgan fingerprint density at radius 1 is 1.16 bits per heavy atom. The minimum atomic E-state index is 0.528. The molecule has 0 saturated carbocycles. The zero-order chi connectivity index (χ0) is 21.5. The van der Waals surface area contributed by atoms with Gasteiger partial charge < -0.3 is 15.4 Å². The van der Waals surface area contributed by atoms with E-state index < -0.39 is 0 Å². The normalized spacial score (nSPS) is 13.5. The molecule has 1 aliphatic rings. The van der Waals surface area contributed by atoms with E-state index in [1.54, 1.807) is 6.33 Å². The van der Waals surface area contributed by atoms with Crippen molar-refractivity contribution in [3.63, 3.8) is 0 Å². The van der Waals surface area contributed by atoms with Crippen LogP contribution in [0.25, 0.3) is 27.6 Å². The summed E-state index contributed by atoms with van der Waals surface area (Å²) in [4.78, 5) is 20.8. The molecule has 0 radical (unpaired) electrons. The van der Waals surface area contributed by atoms with Crippen LogP contribution in [0.3, 0.4) is 0 Å². The lowest BCUT2D eigenvalue weighted by molar-refractivity contribution is 0.329. The quantitative estimate of drug-likeness (QED) is 0.515. The molecule has 0 fully saturated rings. The smallest absolute Gasteiger partial charge is 0.182 e. The number of rotatable bonds is 3. The Morgan fingerprint density at radius 3 is 2.87 bits per heavy atom. The Balaban J connectivity index is 1.57. The zero-order valence-electron chi connectivity index (χ0n) is 17.4. The van der Waals surface area contributed by atoms with E-state index in [0.717, 1.165) is 62.0 Å². The third kappa shape index (κ3) is 3.48. The molecule has 7 nitrogen and oxygen atoms in total. The number of hydrogen-bond acceptors (Lipinski definition) is 8. The van der Waals surface area contributed by atoms with Gasteiger partial charge in [0.2, 0.25) is 0 Å². The first-order valence-corrected chi connectivity index (χ1v) is 10.8. The highest BCUT2D eigenvalue weighted by Crippen LogP contribution is 2.35. The molecule has 0 spiro atoms. The number of fused-ring (bicyclic) bond motifs is 2. The molecule has 2 N–H and O–H groups in total. The number of nitrogens with two attached hydrogens (primary N) is 1. The standard InChI is InChI=1S/C23H22N6OS/c1-4-18-14(3)26-12-27-21(18)29-5-6-30-20-13(2)7-15(8-17(20)11-29)16-9-19-22(25-10-16)31-23(24)28-19/h4,7-10,12H,1,5-6,11H2,2-3H3,(H2,24,28). The van der Waals surface area contributed by atoms with Gasteiger partial charge in [0.15, 0.2) is 5.13 Å². The molecule has 0 atom stereocenters. The Labute approximate surface area is 184 Å². The van der Waals surface area contributed by atoms with Gasteiger partial charge in [-0.25, -0.2) is 19.9 Å². The molecule has 156 valence electrons. The van der Waals surface area contributed by atoms with Gasteiger partial charge in [-0.1, -0.05) is 24.0 Å². The summed E-state index contributed by atoms with van der Waals surface area (Å²) in [5.41, 5.74) is 12.8. The van der Waals surface area contributed by atoms with Gasteiger partial charge in [0, 0.05) is 29.4 Å². The molecule has 5 rings (SSSR count). The highest BCUT2D eigenvalue weighted by molar-refractivity contribution is 7.21. The van der Waals surface area contributed by atoms with Gasteiger partial charge in [0.1, 0.15) is 34.8 Å². The fourth-order valence-electron chi connectivity index (χ4n) is 4.02. The lowest BCUT2D eigenvalue weighted by atomic mass is 9.99. The molecule has 4 heterocycles. The molecule has 3 aromatic heterocycles. The highest BCUT2D eigenvalue weighted by atomic mass is 32.1. The zero-order valence-corrected chi connectivity index (χ0v) is 18.2. The van der Waals surface area contributed by atoms with Crippen molar-refractivity contribution >= 4 is 38.7 Å². The molecular weight excluding hydrogens is 408 g/mol. The minimum Gasteiger partial charge on any atom is -0.491 e. The SMILES string of the molecule is C=Cc1c(C)ncnc1N1CCOc2c(C)cc(-c3cnc4sc(N)nc4c3)cc2C1. The minimum absolute atomic E-state index is 0.528. The molecule has 4 aromatic rings. The van der Waals surface area contributed by atoms with Gasteiger partial charge in [0.25, 0.3) is 0 Å². The average molecular weight is 431 g/mol.